The molecule has 1 aromatic rings. The van der Waals surface area contributed by atoms with Crippen molar-refractivity contribution in [2.45, 2.75) is 18.2 Å². The second kappa shape index (κ2) is 4.42. The monoisotopic (exact) mass is 242 g/mol. The fourth-order valence-corrected chi connectivity index (χ4v) is 1.26. The zero-order valence-electron chi connectivity index (χ0n) is 7.33. The standard InChI is InChI=1S/C10H11BrO2/c1-2-9(11)10(13)7-3-5-8(12)6-4-7/h3-6,9,12H,2H2,1H3/t9-/m0/s1. The third-order valence-electron chi connectivity index (χ3n) is 1.79. The molecule has 0 fully saturated rings. The predicted octanol–water partition coefficient (Wildman–Crippen LogP) is 2.75. The molecule has 0 aliphatic heterocycles. The SMILES string of the molecule is CC[C@H](Br)C(=O)c1ccc(O)cc1. The van der Waals surface area contributed by atoms with Crippen LogP contribution in [-0.2, 0) is 0 Å². The number of rotatable bonds is 3. The van der Waals surface area contributed by atoms with Crippen molar-refractivity contribution in [3.05, 3.63) is 29.8 Å². The molecular formula is C10H11BrO2. The fourth-order valence-electron chi connectivity index (χ4n) is 0.992. The number of benzene rings is 1. The van der Waals surface area contributed by atoms with Crippen LogP contribution in [0.2, 0.25) is 0 Å². The zero-order valence-corrected chi connectivity index (χ0v) is 8.91. The minimum atomic E-state index is -0.128. The maximum Gasteiger partial charge on any atom is 0.176 e. The number of Topliss-reactive ketones (excluding diaryl/α,β-unsaturated/α-hetero) is 1. The van der Waals surface area contributed by atoms with Crippen molar-refractivity contribution in [1.29, 1.82) is 0 Å². The van der Waals surface area contributed by atoms with E-state index in [0.717, 1.165) is 6.42 Å². The number of ketones is 1. The number of phenolic OH excluding ortho intramolecular Hbond substituents is 1. The van der Waals surface area contributed by atoms with Crippen LogP contribution < -0.4 is 0 Å². The van der Waals surface area contributed by atoms with Gasteiger partial charge in [-0.3, -0.25) is 4.79 Å². The molecule has 0 aliphatic rings. The molecule has 1 atom stereocenters. The molecule has 0 aliphatic carbocycles. The summed E-state index contributed by atoms with van der Waals surface area (Å²) in [6.45, 7) is 1.94. The summed E-state index contributed by atoms with van der Waals surface area (Å²) in [4.78, 5) is 11.4. The van der Waals surface area contributed by atoms with Gasteiger partial charge in [-0.2, -0.15) is 0 Å². The summed E-state index contributed by atoms with van der Waals surface area (Å²) in [5, 5.41) is 9.01. The van der Waals surface area contributed by atoms with Gasteiger partial charge >= 0.3 is 0 Å². The Morgan fingerprint density at radius 1 is 1.46 bits per heavy atom. The summed E-state index contributed by atoms with van der Waals surface area (Å²) < 4.78 is 0. The van der Waals surface area contributed by atoms with E-state index in [0.29, 0.717) is 5.56 Å². The maximum absolute atomic E-state index is 11.6. The highest BCUT2D eigenvalue weighted by molar-refractivity contribution is 9.10. The first-order chi connectivity index (χ1) is 6.15. The first-order valence-corrected chi connectivity index (χ1v) is 5.04. The molecule has 0 spiro atoms. The van der Waals surface area contributed by atoms with Crippen LogP contribution in [0.3, 0.4) is 0 Å². The lowest BCUT2D eigenvalue weighted by Crippen LogP contribution is -2.12. The highest BCUT2D eigenvalue weighted by Crippen LogP contribution is 2.15. The lowest BCUT2D eigenvalue weighted by Gasteiger charge is -2.05. The van der Waals surface area contributed by atoms with Gasteiger partial charge in [-0.1, -0.05) is 22.9 Å². The number of alkyl halides is 1. The van der Waals surface area contributed by atoms with E-state index < -0.39 is 0 Å². The Bertz CT molecular complexity index is 292. The van der Waals surface area contributed by atoms with Crippen LogP contribution in [0, 0.1) is 0 Å². The Morgan fingerprint density at radius 2 is 2.00 bits per heavy atom. The van der Waals surface area contributed by atoms with Crippen molar-refractivity contribution in [1.82, 2.24) is 0 Å². The second-order valence-corrected chi connectivity index (χ2v) is 3.89. The van der Waals surface area contributed by atoms with Gasteiger partial charge in [0.05, 0.1) is 4.83 Å². The lowest BCUT2D eigenvalue weighted by atomic mass is 10.1. The molecule has 0 heterocycles. The van der Waals surface area contributed by atoms with E-state index in [1.165, 1.54) is 12.1 Å². The summed E-state index contributed by atoms with van der Waals surface area (Å²) in [7, 11) is 0. The number of phenols is 1. The molecule has 1 rings (SSSR count). The van der Waals surface area contributed by atoms with E-state index in [1.54, 1.807) is 12.1 Å². The minimum Gasteiger partial charge on any atom is -0.508 e. The fraction of sp³-hybridized carbons (Fsp3) is 0.300. The van der Waals surface area contributed by atoms with E-state index in [9.17, 15) is 4.79 Å². The molecule has 0 unspecified atom stereocenters. The first kappa shape index (κ1) is 10.3. The molecule has 1 N–H and O–H groups in total. The van der Waals surface area contributed by atoms with Crippen LogP contribution in [0.5, 0.6) is 5.75 Å². The average Bonchev–Trinajstić information content (AvgIpc) is 2.17. The van der Waals surface area contributed by atoms with Crippen molar-refractivity contribution < 1.29 is 9.90 Å². The number of halogens is 1. The molecule has 0 bridgehead atoms. The van der Waals surface area contributed by atoms with Crippen molar-refractivity contribution in [2.75, 3.05) is 0 Å². The van der Waals surface area contributed by atoms with Gasteiger partial charge in [0, 0.05) is 5.56 Å². The number of carbonyl (C=O) groups excluding carboxylic acids is 1. The third-order valence-corrected chi connectivity index (χ3v) is 2.86. The summed E-state index contributed by atoms with van der Waals surface area (Å²) >= 11 is 3.29. The lowest BCUT2D eigenvalue weighted by molar-refractivity contribution is 0.0990. The quantitative estimate of drug-likeness (QED) is 0.654. The van der Waals surface area contributed by atoms with Crippen LogP contribution in [0.15, 0.2) is 24.3 Å². The van der Waals surface area contributed by atoms with Crippen LogP contribution in [0.1, 0.15) is 23.7 Å². The molecule has 1 aromatic carbocycles. The molecular weight excluding hydrogens is 232 g/mol. The highest BCUT2D eigenvalue weighted by Gasteiger charge is 2.14. The molecule has 3 heteroatoms. The van der Waals surface area contributed by atoms with Crippen LogP contribution in [0.25, 0.3) is 0 Å². The zero-order chi connectivity index (χ0) is 9.84. The summed E-state index contributed by atoms with van der Waals surface area (Å²) in [6, 6.07) is 6.29. The minimum absolute atomic E-state index is 0.0579. The summed E-state index contributed by atoms with van der Waals surface area (Å²) in [5.74, 6) is 0.238. The van der Waals surface area contributed by atoms with E-state index in [-0.39, 0.29) is 16.4 Å². The van der Waals surface area contributed by atoms with E-state index in [4.69, 9.17) is 5.11 Å². The van der Waals surface area contributed by atoms with Gasteiger partial charge in [0.15, 0.2) is 5.78 Å². The van der Waals surface area contributed by atoms with Gasteiger partial charge < -0.3 is 5.11 Å². The van der Waals surface area contributed by atoms with Gasteiger partial charge in [-0.15, -0.1) is 0 Å². The highest BCUT2D eigenvalue weighted by atomic mass is 79.9. The van der Waals surface area contributed by atoms with E-state index in [1.807, 2.05) is 6.92 Å². The smallest absolute Gasteiger partial charge is 0.176 e. The number of hydrogen-bond acceptors (Lipinski definition) is 2. The number of aromatic hydroxyl groups is 1. The van der Waals surface area contributed by atoms with Gasteiger partial charge in [0.1, 0.15) is 5.75 Å². The van der Waals surface area contributed by atoms with Crippen LogP contribution >= 0.6 is 15.9 Å². The predicted molar refractivity (Wildman–Crippen MR) is 55.4 cm³/mol. The molecule has 0 amide bonds. The van der Waals surface area contributed by atoms with E-state index in [2.05, 4.69) is 15.9 Å². The van der Waals surface area contributed by atoms with Crippen LogP contribution in [0.4, 0.5) is 0 Å². The van der Waals surface area contributed by atoms with Gasteiger partial charge in [-0.05, 0) is 30.7 Å². The molecule has 0 aromatic heterocycles. The van der Waals surface area contributed by atoms with Gasteiger partial charge in [0.2, 0.25) is 0 Å². The maximum atomic E-state index is 11.6. The van der Waals surface area contributed by atoms with Crippen LogP contribution in [-0.4, -0.2) is 15.7 Å². The largest absolute Gasteiger partial charge is 0.508 e. The third kappa shape index (κ3) is 2.56. The molecule has 2 nitrogen and oxygen atoms in total. The van der Waals surface area contributed by atoms with Crippen molar-refractivity contribution in [2.24, 2.45) is 0 Å². The number of hydrogen-bond donors (Lipinski definition) is 1. The second-order valence-electron chi connectivity index (χ2n) is 2.79. The molecule has 13 heavy (non-hydrogen) atoms. The first-order valence-electron chi connectivity index (χ1n) is 4.12. The van der Waals surface area contributed by atoms with E-state index >= 15 is 0 Å². The summed E-state index contributed by atoms with van der Waals surface area (Å²) in [5.41, 5.74) is 0.626. The topological polar surface area (TPSA) is 37.3 Å². The van der Waals surface area contributed by atoms with Crippen molar-refractivity contribution in [3.63, 3.8) is 0 Å². The van der Waals surface area contributed by atoms with Gasteiger partial charge in [-0.25, -0.2) is 0 Å². The average molecular weight is 243 g/mol. The van der Waals surface area contributed by atoms with Crippen molar-refractivity contribution >= 4 is 21.7 Å². The normalized spacial score (nSPS) is 12.5. The van der Waals surface area contributed by atoms with Crippen molar-refractivity contribution in [3.8, 4) is 5.75 Å². The Balaban J connectivity index is 2.83. The molecule has 0 radical (unpaired) electrons. The molecule has 70 valence electrons. The Kier molecular flexibility index (Phi) is 3.48. The Labute approximate surface area is 85.7 Å². The Morgan fingerprint density at radius 3 is 2.46 bits per heavy atom. The van der Waals surface area contributed by atoms with Gasteiger partial charge in [0.25, 0.3) is 0 Å². The number of carbonyl (C=O) groups is 1. The molecule has 0 saturated heterocycles. The summed E-state index contributed by atoms with van der Waals surface area (Å²) in [6.07, 6.45) is 0.764. The Hall–Kier alpha value is -0.830. The molecule has 0 saturated carbocycles.